The molecule has 0 saturated carbocycles. The molecule has 1 amide bonds. The van der Waals surface area contributed by atoms with E-state index in [9.17, 15) is 20.1 Å². The van der Waals surface area contributed by atoms with Gasteiger partial charge in [-0.25, -0.2) is 10.4 Å². The summed E-state index contributed by atoms with van der Waals surface area (Å²) in [4.78, 5) is 23.7. The highest BCUT2D eigenvalue weighted by atomic mass is 16.6. The first kappa shape index (κ1) is 21.6. The van der Waals surface area contributed by atoms with Gasteiger partial charge in [0.1, 0.15) is 23.8 Å². The van der Waals surface area contributed by atoms with Crippen molar-refractivity contribution in [2.75, 3.05) is 23.1 Å². The van der Waals surface area contributed by atoms with Crippen molar-refractivity contribution < 1.29 is 24.9 Å². The Morgan fingerprint density at radius 2 is 2.03 bits per heavy atom. The van der Waals surface area contributed by atoms with Crippen LogP contribution in [0, 0.1) is 0 Å². The van der Waals surface area contributed by atoms with Crippen LogP contribution in [0.2, 0.25) is 0 Å². The zero-order valence-electron chi connectivity index (χ0n) is 17.0. The van der Waals surface area contributed by atoms with E-state index in [2.05, 4.69) is 30.8 Å². The highest BCUT2D eigenvalue weighted by Crippen LogP contribution is 2.32. The lowest BCUT2D eigenvalue weighted by molar-refractivity contribution is -0.114. The molecule has 3 aromatic rings. The number of hydrazone groups is 1. The molecule has 1 saturated heterocycles. The number of aliphatic hydroxyl groups is 3. The van der Waals surface area contributed by atoms with Crippen molar-refractivity contribution in [2.45, 2.75) is 31.5 Å². The third kappa shape index (κ3) is 4.22. The Kier molecular flexibility index (Phi) is 5.96. The fraction of sp³-hybridized carbons (Fsp3) is 0.316. The van der Waals surface area contributed by atoms with E-state index in [1.54, 1.807) is 24.3 Å². The van der Waals surface area contributed by atoms with E-state index < -0.39 is 31.1 Å². The fourth-order valence-electron chi connectivity index (χ4n) is 3.30. The molecule has 1 aliphatic heterocycles. The maximum Gasteiger partial charge on any atom is 0.247 e. The van der Waals surface area contributed by atoms with Crippen LogP contribution in [0.25, 0.3) is 11.2 Å². The number of nitrogen functional groups attached to an aromatic ring is 1. The predicted octanol–water partition coefficient (Wildman–Crippen LogP) is -0.576. The summed E-state index contributed by atoms with van der Waals surface area (Å²) < 4.78 is 6.94. The second-order valence-electron chi connectivity index (χ2n) is 7.16. The van der Waals surface area contributed by atoms with Crippen LogP contribution in [0.1, 0.15) is 18.7 Å². The fourth-order valence-corrected chi connectivity index (χ4v) is 3.30. The number of carbonyl (C=O) groups is 1. The number of ether oxygens (including phenoxy) is 1. The van der Waals surface area contributed by atoms with Gasteiger partial charge in [0, 0.05) is 12.6 Å². The van der Waals surface area contributed by atoms with Crippen molar-refractivity contribution >= 4 is 40.7 Å². The molecule has 0 radical (unpaired) electrons. The van der Waals surface area contributed by atoms with Crippen molar-refractivity contribution in [1.29, 1.82) is 0 Å². The molecule has 32 heavy (non-hydrogen) atoms. The molecule has 0 bridgehead atoms. The topological polar surface area (TPSA) is 193 Å². The lowest BCUT2D eigenvalue weighted by atomic mass is 10.1. The standard InChI is InChI=1S/C19H22N8O5/c1-9(29)23-11-4-2-10(3-5-11)6-22-26-19-24-16(20)13-17(25-19)27(8-21-13)18-15(31)14(30)12(7-28)32-18/h2-6,8,12,14-15,18,28,30-31H,7H2,1H3,(H,23,29)(H3,20,24,25,26)/b22-6+/t12-,14+,15+,18-/m1/s1. The van der Waals surface area contributed by atoms with Crippen LogP contribution in [0.4, 0.5) is 17.5 Å². The van der Waals surface area contributed by atoms with Crippen molar-refractivity contribution in [3.8, 4) is 0 Å². The number of anilines is 3. The molecule has 7 N–H and O–H groups in total. The van der Waals surface area contributed by atoms with E-state index >= 15 is 0 Å². The number of benzene rings is 1. The Balaban J connectivity index is 1.53. The number of rotatable bonds is 6. The van der Waals surface area contributed by atoms with Crippen molar-refractivity contribution in [3.05, 3.63) is 36.2 Å². The van der Waals surface area contributed by atoms with Crippen LogP contribution in [-0.2, 0) is 9.53 Å². The molecule has 4 atom stereocenters. The molecule has 0 aliphatic carbocycles. The highest BCUT2D eigenvalue weighted by molar-refractivity contribution is 5.89. The van der Waals surface area contributed by atoms with Gasteiger partial charge in [-0.2, -0.15) is 15.1 Å². The Hall–Kier alpha value is -3.65. The normalized spacial score (nSPS) is 23.1. The molecule has 0 unspecified atom stereocenters. The summed E-state index contributed by atoms with van der Waals surface area (Å²) in [6, 6.07) is 7.02. The molecule has 4 rings (SSSR count). The van der Waals surface area contributed by atoms with Gasteiger partial charge < -0.3 is 31.1 Å². The second-order valence-corrected chi connectivity index (χ2v) is 7.16. The van der Waals surface area contributed by atoms with E-state index in [1.165, 1.54) is 24.0 Å². The Morgan fingerprint density at radius 3 is 2.69 bits per heavy atom. The lowest BCUT2D eigenvalue weighted by Gasteiger charge is -2.16. The Bertz CT molecular complexity index is 1150. The van der Waals surface area contributed by atoms with E-state index in [0.717, 1.165) is 5.56 Å². The number of fused-ring (bicyclic) bond motifs is 1. The first-order valence-corrected chi connectivity index (χ1v) is 9.66. The summed E-state index contributed by atoms with van der Waals surface area (Å²) in [5, 5.41) is 36.4. The van der Waals surface area contributed by atoms with Crippen molar-refractivity contribution in [1.82, 2.24) is 19.5 Å². The molecule has 0 spiro atoms. The maximum absolute atomic E-state index is 11.1. The van der Waals surface area contributed by atoms with Gasteiger partial charge in [0.2, 0.25) is 11.9 Å². The van der Waals surface area contributed by atoms with Gasteiger partial charge >= 0.3 is 0 Å². The largest absolute Gasteiger partial charge is 0.394 e. The molecule has 1 aliphatic rings. The van der Waals surface area contributed by atoms with Crippen molar-refractivity contribution in [3.63, 3.8) is 0 Å². The SMILES string of the molecule is CC(=O)Nc1ccc(/C=N/Nc2nc(N)c3ncn([C@@H]4O[C@H](CO)[C@H](O)[C@@H]4O)c3n2)cc1. The molecule has 1 fully saturated rings. The van der Waals surface area contributed by atoms with Crippen LogP contribution in [0.3, 0.4) is 0 Å². The summed E-state index contributed by atoms with van der Waals surface area (Å²) in [6.07, 6.45) is -1.62. The van der Waals surface area contributed by atoms with E-state index in [0.29, 0.717) is 5.69 Å². The van der Waals surface area contributed by atoms with Crippen LogP contribution in [-0.4, -0.2) is 71.9 Å². The van der Waals surface area contributed by atoms with Gasteiger partial charge in [-0.1, -0.05) is 12.1 Å². The first-order chi connectivity index (χ1) is 15.4. The molecular formula is C19H22N8O5. The Morgan fingerprint density at radius 1 is 1.28 bits per heavy atom. The summed E-state index contributed by atoms with van der Waals surface area (Å²) in [5.41, 5.74) is 10.6. The van der Waals surface area contributed by atoms with Gasteiger partial charge in [0.05, 0.1) is 19.1 Å². The summed E-state index contributed by atoms with van der Waals surface area (Å²) >= 11 is 0. The smallest absolute Gasteiger partial charge is 0.247 e. The molecule has 2 aromatic heterocycles. The van der Waals surface area contributed by atoms with Gasteiger partial charge in [0.25, 0.3) is 0 Å². The zero-order chi connectivity index (χ0) is 22.8. The van der Waals surface area contributed by atoms with Gasteiger partial charge in [-0.3, -0.25) is 9.36 Å². The number of carbonyl (C=O) groups excluding carboxylic acids is 1. The monoisotopic (exact) mass is 442 g/mol. The molecule has 168 valence electrons. The van der Waals surface area contributed by atoms with Crippen LogP contribution < -0.4 is 16.5 Å². The number of hydrogen-bond donors (Lipinski definition) is 6. The first-order valence-electron chi connectivity index (χ1n) is 9.66. The zero-order valence-corrected chi connectivity index (χ0v) is 17.0. The summed E-state index contributed by atoms with van der Waals surface area (Å²) in [6.45, 7) is 0.978. The number of nitrogens with two attached hydrogens (primary N) is 1. The highest BCUT2D eigenvalue weighted by Gasteiger charge is 2.44. The number of aliphatic hydroxyl groups excluding tert-OH is 3. The van der Waals surface area contributed by atoms with Crippen LogP contribution >= 0.6 is 0 Å². The minimum Gasteiger partial charge on any atom is -0.394 e. The van der Waals surface area contributed by atoms with E-state index in [-0.39, 0.29) is 28.8 Å². The average Bonchev–Trinajstić information content (AvgIpc) is 3.30. The van der Waals surface area contributed by atoms with E-state index in [4.69, 9.17) is 10.5 Å². The summed E-state index contributed by atoms with van der Waals surface area (Å²) in [5.74, 6) is 0.00170. The molecule has 13 heteroatoms. The quantitative estimate of drug-likeness (QED) is 0.212. The number of hydrogen-bond acceptors (Lipinski definition) is 11. The van der Waals surface area contributed by atoms with Gasteiger partial charge in [0.15, 0.2) is 17.7 Å². The number of aromatic nitrogens is 4. The lowest BCUT2D eigenvalue weighted by Crippen LogP contribution is -2.33. The third-order valence-corrected chi connectivity index (χ3v) is 4.85. The minimum absolute atomic E-state index is 0.0783. The predicted molar refractivity (Wildman–Crippen MR) is 115 cm³/mol. The minimum atomic E-state index is -1.30. The van der Waals surface area contributed by atoms with Crippen LogP contribution in [0.15, 0.2) is 35.7 Å². The maximum atomic E-state index is 11.1. The van der Waals surface area contributed by atoms with E-state index in [1.807, 2.05) is 0 Å². The van der Waals surface area contributed by atoms with Gasteiger partial charge in [-0.05, 0) is 17.7 Å². The number of nitrogens with one attached hydrogen (secondary N) is 2. The number of amides is 1. The molecular weight excluding hydrogens is 420 g/mol. The van der Waals surface area contributed by atoms with Crippen LogP contribution in [0.5, 0.6) is 0 Å². The Labute approximate surface area is 181 Å². The summed E-state index contributed by atoms with van der Waals surface area (Å²) in [7, 11) is 0. The second kappa shape index (κ2) is 8.84. The molecule has 1 aromatic carbocycles. The van der Waals surface area contributed by atoms with Gasteiger partial charge in [-0.15, -0.1) is 0 Å². The third-order valence-electron chi connectivity index (χ3n) is 4.85. The number of imidazole rings is 1. The average molecular weight is 442 g/mol. The molecule has 3 heterocycles. The number of nitrogens with zero attached hydrogens (tertiary/aromatic N) is 5. The van der Waals surface area contributed by atoms with Crippen molar-refractivity contribution in [2.24, 2.45) is 5.10 Å². The molecule has 13 nitrogen and oxygen atoms in total.